The summed E-state index contributed by atoms with van der Waals surface area (Å²) >= 11 is 6.31. The van der Waals surface area contributed by atoms with Crippen molar-refractivity contribution in [2.45, 2.75) is 44.6 Å². The maximum Gasteiger partial charge on any atom is 0.348 e. The van der Waals surface area contributed by atoms with Gasteiger partial charge in [0.25, 0.3) is 0 Å². The van der Waals surface area contributed by atoms with Crippen molar-refractivity contribution < 1.29 is 33.2 Å². The summed E-state index contributed by atoms with van der Waals surface area (Å²) in [4.78, 5) is 11.9. The number of hydrogen-bond donors (Lipinski definition) is 1. The molecule has 3 aromatic rings. The van der Waals surface area contributed by atoms with Crippen molar-refractivity contribution >= 4 is 17.6 Å². The molecule has 0 amide bonds. The summed E-state index contributed by atoms with van der Waals surface area (Å²) in [6.45, 7) is 2.74. The number of halogens is 2. The molecule has 0 bridgehead atoms. The summed E-state index contributed by atoms with van der Waals surface area (Å²) < 4.78 is 36.3. The molecule has 36 heavy (non-hydrogen) atoms. The van der Waals surface area contributed by atoms with E-state index < -0.39 is 11.6 Å². The highest BCUT2D eigenvalue weighted by molar-refractivity contribution is 6.32. The van der Waals surface area contributed by atoms with E-state index in [2.05, 4.69) is 0 Å². The van der Waals surface area contributed by atoms with E-state index in [-0.39, 0.29) is 5.82 Å². The molecule has 0 aliphatic carbocycles. The molecule has 0 aromatic heterocycles. The number of carboxylic acids is 1. The van der Waals surface area contributed by atoms with E-state index in [1.807, 2.05) is 19.1 Å². The summed E-state index contributed by atoms with van der Waals surface area (Å²) in [5, 5.41) is 10.1. The standard InChI is InChI=1S/C28H28ClFO6/c1-2-13-28(27(31)32)14-12-19-4-7-22(18-26(19)36-28)33-15-3-16-34-25-11-10-23(17-24(25)29)35-21-8-5-20(30)6-9-21/h4-11,17-18H,2-3,12-16H2,1H3,(H,31,32). The molecule has 190 valence electrons. The monoisotopic (exact) mass is 514 g/mol. The Kier molecular flexibility index (Phi) is 8.21. The van der Waals surface area contributed by atoms with Crippen LogP contribution in [0.3, 0.4) is 0 Å². The molecule has 4 rings (SSSR count). The Morgan fingerprint density at radius 2 is 1.75 bits per heavy atom. The molecule has 0 saturated carbocycles. The molecular formula is C28H28ClFO6. The molecule has 1 aliphatic heterocycles. The van der Waals surface area contributed by atoms with Crippen LogP contribution in [0, 0.1) is 5.82 Å². The van der Waals surface area contributed by atoms with E-state index in [1.54, 1.807) is 24.3 Å². The van der Waals surface area contributed by atoms with Crippen LogP contribution >= 0.6 is 11.6 Å². The largest absolute Gasteiger partial charge is 0.493 e. The van der Waals surface area contributed by atoms with Gasteiger partial charge in [-0.3, -0.25) is 0 Å². The van der Waals surface area contributed by atoms with Crippen molar-refractivity contribution in [1.82, 2.24) is 0 Å². The van der Waals surface area contributed by atoms with Crippen LogP contribution in [0.2, 0.25) is 5.02 Å². The quantitative estimate of drug-likeness (QED) is 0.276. The zero-order valence-corrected chi connectivity index (χ0v) is 20.7. The molecule has 8 heteroatoms. The Hall–Kier alpha value is -3.45. The van der Waals surface area contributed by atoms with Gasteiger partial charge >= 0.3 is 5.97 Å². The molecule has 1 unspecified atom stereocenters. The number of aryl methyl sites for hydroxylation is 1. The van der Waals surface area contributed by atoms with Gasteiger partial charge in [-0.15, -0.1) is 0 Å². The Labute approximate surface area is 214 Å². The maximum atomic E-state index is 13.0. The van der Waals surface area contributed by atoms with Gasteiger partial charge in [-0.05, 0) is 60.9 Å². The topological polar surface area (TPSA) is 74.2 Å². The SMILES string of the molecule is CCCC1(C(=O)O)CCc2ccc(OCCCOc3ccc(Oc4ccc(F)cc4)cc3Cl)cc2O1. The van der Waals surface area contributed by atoms with E-state index in [1.165, 1.54) is 24.3 Å². The Bertz CT molecular complexity index is 1200. The third-order valence-electron chi connectivity index (χ3n) is 5.95. The minimum absolute atomic E-state index is 0.333. The van der Waals surface area contributed by atoms with E-state index in [4.69, 9.17) is 30.5 Å². The zero-order valence-electron chi connectivity index (χ0n) is 20.0. The highest BCUT2D eigenvalue weighted by atomic mass is 35.5. The van der Waals surface area contributed by atoms with E-state index in [9.17, 15) is 14.3 Å². The Morgan fingerprint density at radius 1 is 1.03 bits per heavy atom. The van der Waals surface area contributed by atoms with Gasteiger partial charge in [0.05, 0.1) is 18.2 Å². The predicted molar refractivity (Wildman–Crippen MR) is 134 cm³/mol. The second kappa shape index (κ2) is 11.5. The van der Waals surface area contributed by atoms with Crippen molar-refractivity contribution in [3.63, 3.8) is 0 Å². The number of benzene rings is 3. The third-order valence-corrected chi connectivity index (χ3v) is 6.25. The molecule has 1 aliphatic rings. The fraction of sp³-hybridized carbons (Fsp3) is 0.321. The van der Waals surface area contributed by atoms with Crippen LogP contribution in [0.4, 0.5) is 4.39 Å². The average molecular weight is 515 g/mol. The number of aliphatic carboxylic acids is 1. The lowest BCUT2D eigenvalue weighted by atomic mass is 9.87. The number of hydrogen-bond acceptors (Lipinski definition) is 5. The average Bonchev–Trinajstić information content (AvgIpc) is 2.86. The molecule has 1 N–H and O–H groups in total. The van der Waals surface area contributed by atoms with Gasteiger partial charge in [0.2, 0.25) is 5.60 Å². The molecule has 0 radical (unpaired) electrons. The van der Waals surface area contributed by atoms with Crippen molar-refractivity contribution in [1.29, 1.82) is 0 Å². The van der Waals surface area contributed by atoms with E-state index in [0.717, 1.165) is 12.0 Å². The van der Waals surface area contributed by atoms with Crippen LogP contribution in [0.15, 0.2) is 60.7 Å². The van der Waals surface area contributed by atoms with Crippen molar-refractivity contribution in [3.05, 3.63) is 77.1 Å². The molecule has 3 aromatic carbocycles. The summed E-state index contributed by atoms with van der Waals surface area (Å²) in [5.74, 6) is 1.47. The maximum absolute atomic E-state index is 13.0. The molecule has 6 nitrogen and oxygen atoms in total. The fourth-order valence-electron chi connectivity index (χ4n) is 4.09. The molecular weight excluding hydrogens is 487 g/mol. The van der Waals surface area contributed by atoms with E-state index >= 15 is 0 Å². The summed E-state index contributed by atoms with van der Waals surface area (Å²) in [6, 6.07) is 16.4. The molecule has 0 spiro atoms. The van der Waals surface area contributed by atoms with E-state index in [0.29, 0.717) is 72.7 Å². The predicted octanol–water partition coefficient (Wildman–Crippen LogP) is 7.07. The number of fused-ring (bicyclic) bond motifs is 1. The van der Waals surface area contributed by atoms with Crippen LogP contribution in [0.5, 0.6) is 28.7 Å². The van der Waals surface area contributed by atoms with Crippen LogP contribution in [0.25, 0.3) is 0 Å². The van der Waals surface area contributed by atoms with Gasteiger partial charge in [0.15, 0.2) is 0 Å². The normalized spacial score (nSPS) is 16.5. The molecule has 0 saturated heterocycles. The summed E-state index contributed by atoms with van der Waals surface area (Å²) in [6.07, 6.45) is 2.92. The van der Waals surface area contributed by atoms with Crippen LogP contribution in [-0.2, 0) is 11.2 Å². The van der Waals surface area contributed by atoms with Crippen LogP contribution < -0.4 is 18.9 Å². The van der Waals surface area contributed by atoms with Gasteiger partial charge in [-0.2, -0.15) is 0 Å². The first-order chi connectivity index (χ1) is 17.4. The minimum atomic E-state index is -1.17. The number of carbonyl (C=O) groups is 1. The first-order valence-electron chi connectivity index (χ1n) is 11.9. The van der Waals surface area contributed by atoms with Gasteiger partial charge in [0, 0.05) is 25.0 Å². The third kappa shape index (κ3) is 6.21. The van der Waals surface area contributed by atoms with Crippen molar-refractivity contribution in [3.8, 4) is 28.7 Å². The molecule has 1 atom stereocenters. The van der Waals surface area contributed by atoms with Crippen molar-refractivity contribution in [2.24, 2.45) is 0 Å². The van der Waals surface area contributed by atoms with Crippen LogP contribution in [0.1, 0.15) is 38.2 Å². The second-order valence-corrected chi connectivity index (χ2v) is 9.03. The van der Waals surface area contributed by atoms with Gasteiger partial charge in [-0.25, -0.2) is 9.18 Å². The highest BCUT2D eigenvalue weighted by Gasteiger charge is 2.43. The summed E-state index contributed by atoms with van der Waals surface area (Å²) in [7, 11) is 0. The molecule has 1 heterocycles. The first-order valence-corrected chi connectivity index (χ1v) is 12.3. The second-order valence-electron chi connectivity index (χ2n) is 8.62. The Balaban J connectivity index is 1.25. The lowest BCUT2D eigenvalue weighted by Gasteiger charge is -2.35. The van der Waals surface area contributed by atoms with Crippen molar-refractivity contribution in [2.75, 3.05) is 13.2 Å². The Morgan fingerprint density at radius 3 is 2.47 bits per heavy atom. The fourth-order valence-corrected chi connectivity index (χ4v) is 4.32. The van der Waals surface area contributed by atoms with Gasteiger partial charge < -0.3 is 24.1 Å². The molecule has 0 fully saturated rings. The zero-order chi connectivity index (χ0) is 25.5. The number of carboxylic acid groups (broad SMARTS) is 1. The number of ether oxygens (including phenoxy) is 4. The summed E-state index contributed by atoms with van der Waals surface area (Å²) in [5.41, 5.74) is -0.187. The number of rotatable bonds is 11. The lowest BCUT2D eigenvalue weighted by molar-refractivity contribution is -0.157. The highest BCUT2D eigenvalue weighted by Crippen LogP contribution is 2.38. The van der Waals surface area contributed by atoms with Gasteiger partial charge in [-0.1, -0.05) is 31.0 Å². The first kappa shape index (κ1) is 25.6. The lowest BCUT2D eigenvalue weighted by Crippen LogP contribution is -2.47. The minimum Gasteiger partial charge on any atom is -0.493 e. The smallest absolute Gasteiger partial charge is 0.348 e. The van der Waals surface area contributed by atoms with Crippen LogP contribution in [-0.4, -0.2) is 29.9 Å². The van der Waals surface area contributed by atoms with Gasteiger partial charge in [0.1, 0.15) is 34.6 Å².